The van der Waals surface area contributed by atoms with Gasteiger partial charge in [-0.25, -0.2) is 0 Å². The Morgan fingerprint density at radius 2 is 2.20 bits per heavy atom. The number of halogens is 1. The minimum atomic E-state index is -0.193. The van der Waals surface area contributed by atoms with Gasteiger partial charge in [-0.05, 0) is 24.4 Å². The van der Waals surface area contributed by atoms with Crippen LogP contribution in [0, 0.1) is 0 Å². The number of rotatable bonds is 1. The Kier molecular flexibility index (Phi) is 2.50. The number of nitrogens with two attached hydrogens (primary N) is 1. The van der Waals surface area contributed by atoms with Gasteiger partial charge in [0.1, 0.15) is 0 Å². The Morgan fingerprint density at radius 3 is 2.87 bits per heavy atom. The molecule has 0 fully saturated rings. The molecular weight excluding hydrogens is 212 g/mol. The van der Waals surface area contributed by atoms with Gasteiger partial charge in [-0.15, -0.1) is 0 Å². The molecule has 1 atom stereocenters. The molecule has 3 nitrogen and oxygen atoms in total. The number of hydrogen-bond acceptors (Lipinski definition) is 2. The van der Waals surface area contributed by atoms with E-state index in [2.05, 4.69) is 4.98 Å². The summed E-state index contributed by atoms with van der Waals surface area (Å²) in [6, 6.07) is 7.02. The van der Waals surface area contributed by atoms with Gasteiger partial charge in [0.25, 0.3) is 5.56 Å². The molecule has 0 unspecified atom stereocenters. The van der Waals surface area contributed by atoms with Crippen LogP contribution in [-0.2, 0) is 0 Å². The lowest BCUT2D eigenvalue weighted by Crippen LogP contribution is -2.15. The third-order valence-corrected chi connectivity index (χ3v) is 2.65. The van der Waals surface area contributed by atoms with Gasteiger partial charge in [-0.2, -0.15) is 0 Å². The first kappa shape index (κ1) is 10.2. The molecule has 0 aliphatic heterocycles. The number of hydrogen-bond donors (Lipinski definition) is 2. The molecule has 0 radical (unpaired) electrons. The van der Waals surface area contributed by atoms with Gasteiger partial charge in [0, 0.05) is 11.7 Å². The molecule has 1 aromatic heterocycles. The molecule has 0 saturated carbocycles. The second kappa shape index (κ2) is 3.68. The highest BCUT2D eigenvalue weighted by atomic mass is 35.5. The van der Waals surface area contributed by atoms with Crippen LogP contribution in [-0.4, -0.2) is 4.98 Å². The zero-order valence-electron chi connectivity index (χ0n) is 8.25. The quantitative estimate of drug-likeness (QED) is 0.777. The summed E-state index contributed by atoms with van der Waals surface area (Å²) in [6.45, 7) is 1.82. The minimum Gasteiger partial charge on any atom is -0.324 e. The molecular formula is C11H11ClN2O. The Labute approximate surface area is 91.9 Å². The summed E-state index contributed by atoms with van der Waals surface area (Å²) in [5.74, 6) is 0. The number of nitrogens with one attached hydrogen (secondary N) is 1. The Bertz CT molecular complexity index is 560. The van der Waals surface area contributed by atoms with E-state index in [4.69, 9.17) is 17.3 Å². The number of aromatic amines is 1. The SMILES string of the molecule is C[C@H](N)c1cc2cccc(Cl)c2c(=O)[nH]1. The number of fused-ring (bicyclic) bond motifs is 1. The van der Waals surface area contributed by atoms with Crippen molar-refractivity contribution in [1.82, 2.24) is 4.98 Å². The standard InChI is InChI=1S/C11H11ClN2O/c1-6(13)9-5-7-3-2-4-8(12)10(7)11(15)14-9/h2-6H,13H2,1H3,(H,14,15)/t6-/m0/s1. The van der Waals surface area contributed by atoms with E-state index in [1.54, 1.807) is 6.07 Å². The first-order valence-electron chi connectivity index (χ1n) is 4.66. The summed E-state index contributed by atoms with van der Waals surface area (Å²) in [5, 5.41) is 1.80. The van der Waals surface area contributed by atoms with Gasteiger partial charge in [-0.1, -0.05) is 23.7 Å². The van der Waals surface area contributed by atoms with Gasteiger partial charge < -0.3 is 10.7 Å². The molecule has 2 rings (SSSR count). The van der Waals surface area contributed by atoms with E-state index < -0.39 is 0 Å². The average Bonchev–Trinajstić information content (AvgIpc) is 2.17. The van der Waals surface area contributed by atoms with Crippen molar-refractivity contribution in [2.75, 3.05) is 0 Å². The predicted molar refractivity (Wildman–Crippen MR) is 62.2 cm³/mol. The van der Waals surface area contributed by atoms with E-state index in [1.165, 1.54) is 0 Å². The monoisotopic (exact) mass is 222 g/mol. The van der Waals surface area contributed by atoms with E-state index >= 15 is 0 Å². The summed E-state index contributed by atoms with van der Waals surface area (Å²) >= 11 is 5.94. The van der Waals surface area contributed by atoms with Crippen LogP contribution in [0.25, 0.3) is 10.8 Å². The fourth-order valence-electron chi connectivity index (χ4n) is 1.54. The predicted octanol–water partition coefficient (Wildman–Crippen LogP) is 2.20. The maximum absolute atomic E-state index is 11.7. The van der Waals surface area contributed by atoms with Crippen LogP contribution in [0.1, 0.15) is 18.7 Å². The van der Waals surface area contributed by atoms with E-state index in [-0.39, 0.29) is 11.6 Å². The highest BCUT2D eigenvalue weighted by Crippen LogP contribution is 2.20. The third-order valence-electron chi connectivity index (χ3n) is 2.33. The molecule has 78 valence electrons. The van der Waals surface area contributed by atoms with Crippen molar-refractivity contribution in [3.63, 3.8) is 0 Å². The number of benzene rings is 1. The Hall–Kier alpha value is -1.32. The number of aromatic nitrogens is 1. The number of pyridine rings is 1. The summed E-state index contributed by atoms with van der Waals surface area (Å²) in [5.41, 5.74) is 6.24. The molecule has 4 heteroatoms. The minimum absolute atomic E-state index is 0.189. The van der Waals surface area contributed by atoms with Gasteiger partial charge in [-0.3, -0.25) is 4.79 Å². The molecule has 1 heterocycles. The summed E-state index contributed by atoms with van der Waals surface area (Å²) < 4.78 is 0. The fraction of sp³-hybridized carbons (Fsp3) is 0.182. The first-order chi connectivity index (χ1) is 7.09. The van der Waals surface area contributed by atoms with Crippen molar-refractivity contribution in [2.24, 2.45) is 5.73 Å². The maximum Gasteiger partial charge on any atom is 0.257 e. The molecule has 0 aliphatic rings. The second-order valence-corrected chi connectivity index (χ2v) is 3.95. The normalized spacial score (nSPS) is 13.0. The summed E-state index contributed by atoms with van der Waals surface area (Å²) in [4.78, 5) is 14.5. The molecule has 2 aromatic rings. The van der Waals surface area contributed by atoms with Crippen molar-refractivity contribution in [3.05, 3.63) is 45.3 Å². The van der Waals surface area contributed by atoms with Gasteiger partial charge >= 0.3 is 0 Å². The Balaban J connectivity index is 2.85. The summed E-state index contributed by atoms with van der Waals surface area (Å²) in [6.07, 6.45) is 0. The van der Waals surface area contributed by atoms with E-state index in [0.29, 0.717) is 10.4 Å². The maximum atomic E-state index is 11.7. The smallest absolute Gasteiger partial charge is 0.257 e. The van der Waals surface area contributed by atoms with Gasteiger partial charge in [0.15, 0.2) is 0 Å². The van der Waals surface area contributed by atoms with Crippen molar-refractivity contribution >= 4 is 22.4 Å². The van der Waals surface area contributed by atoms with Crippen molar-refractivity contribution < 1.29 is 0 Å². The van der Waals surface area contributed by atoms with Crippen molar-refractivity contribution in [3.8, 4) is 0 Å². The Morgan fingerprint density at radius 1 is 1.47 bits per heavy atom. The van der Waals surface area contributed by atoms with Crippen LogP contribution in [0.5, 0.6) is 0 Å². The number of H-pyrrole nitrogens is 1. The zero-order valence-corrected chi connectivity index (χ0v) is 9.01. The highest BCUT2D eigenvalue weighted by molar-refractivity contribution is 6.35. The van der Waals surface area contributed by atoms with Crippen LogP contribution in [0.4, 0.5) is 0 Å². The second-order valence-electron chi connectivity index (χ2n) is 3.55. The molecule has 1 aromatic carbocycles. The van der Waals surface area contributed by atoms with Crippen LogP contribution < -0.4 is 11.3 Å². The van der Waals surface area contributed by atoms with Crippen LogP contribution in [0.2, 0.25) is 5.02 Å². The van der Waals surface area contributed by atoms with Crippen LogP contribution in [0.3, 0.4) is 0 Å². The molecule has 0 spiro atoms. The molecule has 0 amide bonds. The molecule has 0 saturated heterocycles. The largest absolute Gasteiger partial charge is 0.324 e. The van der Waals surface area contributed by atoms with Crippen LogP contribution >= 0.6 is 11.6 Å². The van der Waals surface area contributed by atoms with E-state index in [1.807, 2.05) is 25.1 Å². The van der Waals surface area contributed by atoms with Crippen LogP contribution in [0.15, 0.2) is 29.1 Å². The van der Waals surface area contributed by atoms with E-state index in [9.17, 15) is 4.79 Å². The highest BCUT2D eigenvalue weighted by Gasteiger charge is 2.07. The topological polar surface area (TPSA) is 58.9 Å². The lowest BCUT2D eigenvalue weighted by atomic mass is 10.1. The zero-order chi connectivity index (χ0) is 11.0. The lowest BCUT2D eigenvalue weighted by molar-refractivity contribution is 0.779. The van der Waals surface area contributed by atoms with Crippen molar-refractivity contribution in [2.45, 2.75) is 13.0 Å². The van der Waals surface area contributed by atoms with Crippen molar-refractivity contribution in [1.29, 1.82) is 0 Å². The molecule has 0 aliphatic carbocycles. The van der Waals surface area contributed by atoms with E-state index in [0.717, 1.165) is 11.1 Å². The van der Waals surface area contributed by atoms with Gasteiger partial charge in [0.05, 0.1) is 10.4 Å². The first-order valence-corrected chi connectivity index (χ1v) is 5.04. The average molecular weight is 223 g/mol. The molecule has 3 N–H and O–H groups in total. The molecule has 0 bridgehead atoms. The third kappa shape index (κ3) is 1.76. The fourth-order valence-corrected chi connectivity index (χ4v) is 1.81. The summed E-state index contributed by atoms with van der Waals surface area (Å²) in [7, 11) is 0. The molecule has 15 heavy (non-hydrogen) atoms. The lowest BCUT2D eigenvalue weighted by Gasteiger charge is -2.07. The van der Waals surface area contributed by atoms with Gasteiger partial charge in [0.2, 0.25) is 0 Å².